The number of anilines is 2. The lowest BCUT2D eigenvalue weighted by molar-refractivity contribution is 0.100. The second kappa shape index (κ2) is 7.79. The van der Waals surface area contributed by atoms with E-state index in [1.807, 2.05) is 0 Å². The number of nitrogens with two attached hydrogens (primary N) is 1. The molecule has 2 aliphatic rings. The number of hydrogen-bond acceptors (Lipinski definition) is 6. The van der Waals surface area contributed by atoms with E-state index in [0.717, 1.165) is 45.1 Å². The maximum absolute atomic E-state index is 11.7. The molecule has 0 radical (unpaired) electrons. The number of rotatable bonds is 7. The number of carbonyl (C=O) groups is 1. The zero-order valence-corrected chi connectivity index (χ0v) is 14.3. The van der Waals surface area contributed by atoms with E-state index in [2.05, 4.69) is 20.6 Å². The number of aromatic nitrogens is 2. The van der Waals surface area contributed by atoms with E-state index in [0.29, 0.717) is 35.3 Å². The lowest BCUT2D eigenvalue weighted by Gasteiger charge is -2.30. The van der Waals surface area contributed by atoms with Gasteiger partial charge in [0.2, 0.25) is 5.95 Å². The molecule has 1 aromatic heterocycles. The van der Waals surface area contributed by atoms with Crippen molar-refractivity contribution in [3.63, 3.8) is 0 Å². The molecule has 2 saturated carbocycles. The number of nitrogens with zero attached hydrogens (tertiary/aromatic N) is 2. The standard InChI is InChI=1S/C17H27N5O2/c1-24-10-11-5-7-13(8-6-11)20-16-14(15(18)23)9-19-17(22-16)21-12-3-2-4-12/h9,11-13H,2-8,10H2,1H3,(H2,18,23)(H2,19,20,21,22). The van der Waals surface area contributed by atoms with Crippen molar-refractivity contribution >= 4 is 17.7 Å². The summed E-state index contributed by atoms with van der Waals surface area (Å²) in [7, 11) is 1.75. The average Bonchev–Trinajstić information content (AvgIpc) is 2.53. The van der Waals surface area contributed by atoms with E-state index in [1.54, 1.807) is 7.11 Å². The van der Waals surface area contributed by atoms with Gasteiger partial charge in [-0.15, -0.1) is 0 Å². The van der Waals surface area contributed by atoms with Gasteiger partial charge in [0.25, 0.3) is 5.91 Å². The molecular weight excluding hydrogens is 306 g/mol. The Bertz CT molecular complexity index is 568. The predicted octanol–water partition coefficient (Wildman–Crippen LogP) is 2.16. The fraction of sp³-hybridized carbons (Fsp3) is 0.706. The van der Waals surface area contributed by atoms with Crippen LogP contribution >= 0.6 is 0 Å². The summed E-state index contributed by atoms with van der Waals surface area (Å²) in [5, 5.41) is 6.73. The van der Waals surface area contributed by atoms with Gasteiger partial charge in [0.1, 0.15) is 5.82 Å². The Labute approximate surface area is 142 Å². The Hall–Kier alpha value is -1.89. The lowest BCUT2D eigenvalue weighted by atomic mass is 9.86. The molecule has 0 unspecified atom stereocenters. The number of methoxy groups -OCH3 is 1. The monoisotopic (exact) mass is 333 g/mol. The second-order valence-corrected chi connectivity index (χ2v) is 6.91. The molecule has 0 bridgehead atoms. The Morgan fingerprint density at radius 1 is 1.21 bits per heavy atom. The zero-order chi connectivity index (χ0) is 16.9. The number of amides is 1. The summed E-state index contributed by atoms with van der Waals surface area (Å²) in [5.41, 5.74) is 5.83. The van der Waals surface area contributed by atoms with E-state index >= 15 is 0 Å². The molecule has 2 aliphatic carbocycles. The quantitative estimate of drug-likeness (QED) is 0.707. The average molecular weight is 333 g/mol. The van der Waals surface area contributed by atoms with Crippen LogP contribution in [0.5, 0.6) is 0 Å². The largest absolute Gasteiger partial charge is 0.384 e. The van der Waals surface area contributed by atoms with Gasteiger partial charge < -0.3 is 21.1 Å². The second-order valence-electron chi connectivity index (χ2n) is 6.91. The van der Waals surface area contributed by atoms with Gasteiger partial charge >= 0.3 is 0 Å². The molecule has 0 spiro atoms. The maximum Gasteiger partial charge on any atom is 0.254 e. The molecule has 1 heterocycles. The molecule has 1 aromatic rings. The van der Waals surface area contributed by atoms with Gasteiger partial charge in [-0.05, 0) is 50.9 Å². The van der Waals surface area contributed by atoms with Crippen molar-refractivity contribution in [2.45, 2.75) is 57.0 Å². The molecule has 0 aliphatic heterocycles. The number of hydrogen-bond donors (Lipinski definition) is 3. The highest BCUT2D eigenvalue weighted by Crippen LogP contribution is 2.28. The van der Waals surface area contributed by atoms with Crippen LogP contribution in [-0.4, -0.2) is 41.7 Å². The van der Waals surface area contributed by atoms with Crippen LogP contribution in [0.3, 0.4) is 0 Å². The molecule has 24 heavy (non-hydrogen) atoms. The van der Waals surface area contributed by atoms with Crippen LogP contribution < -0.4 is 16.4 Å². The molecule has 3 rings (SSSR count). The smallest absolute Gasteiger partial charge is 0.254 e. The molecular formula is C17H27N5O2. The van der Waals surface area contributed by atoms with Gasteiger partial charge in [-0.2, -0.15) is 4.98 Å². The van der Waals surface area contributed by atoms with Crippen molar-refractivity contribution < 1.29 is 9.53 Å². The van der Waals surface area contributed by atoms with Gasteiger partial charge in [-0.1, -0.05) is 0 Å². The Morgan fingerprint density at radius 2 is 1.92 bits per heavy atom. The minimum atomic E-state index is -0.499. The van der Waals surface area contributed by atoms with Crippen molar-refractivity contribution in [3.05, 3.63) is 11.8 Å². The molecule has 0 saturated heterocycles. The van der Waals surface area contributed by atoms with Crippen LogP contribution in [0.15, 0.2) is 6.20 Å². The molecule has 1 amide bonds. The van der Waals surface area contributed by atoms with Crippen LogP contribution in [0, 0.1) is 5.92 Å². The SMILES string of the molecule is COCC1CCC(Nc2nc(NC3CCC3)ncc2C(N)=O)CC1. The van der Waals surface area contributed by atoms with Gasteiger partial charge in [-0.3, -0.25) is 4.79 Å². The molecule has 7 nitrogen and oxygen atoms in total. The number of nitrogens with one attached hydrogen (secondary N) is 2. The molecule has 132 valence electrons. The molecule has 4 N–H and O–H groups in total. The Balaban J connectivity index is 1.65. The maximum atomic E-state index is 11.7. The van der Waals surface area contributed by atoms with Crippen molar-refractivity contribution in [2.75, 3.05) is 24.4 Å². The summed E-state index contributed by atoms with van der Waals surface area (Å²) in [6.07, 6.45) is 9.39. The number of carbonyl (C=O) groups excluding carboxylic acids is 1. The topological polar surface area (TPSA) is 102 Å². The highest BCUT2D eigenvalue weighted by atomic mass is 16.5. The normalized spacial score (nSPS) is 24.2. The lowest BCUT2D eigenvalue weighted by Crippen LogP contribution is -2.31. The third-order valence-electron chi connectivity index (χ3n) is 5.08. The summed E-state index contributed by atoms with van der Waals surface area (Å²) in [6, 6.07) is 0.754. The minimum absolute atomic E-state index is 0.308. The van der Waals surface area contributed by atoms with E-state index in [4.69, 9.17) is 10.5 Å². The first-order valence-corrected chi connectivity index (χ1v) is 8.84. The van der Waals surface area contributed by atoms with Crippen molar-refractivity contribution in [3.8, 4) is 0 Å². The first-order valence-electron chi connectivity index (χ1n) is 8.84. The van der Waals surface area contributed by atoms with Crippen LogP contribution in [0.1, 0.15) is 55.3 Å². The summed E-state index contributed by atoms with van der Waals surface area (Å²) >= 11 is 0. The summed E-state index contributed by atoms with van der Waals surface area (Å²) in [4.78, 5) is 20.4. The number of ether oxygens (including phenoxy) is 1. The van der Waals surface area contributed by atoms with Crippen molar-refractivity contribution in [2.24, 2.45) is 11.7 Å². The van der Waals surface area contributed by atoms with E-state index < -0.39 is 5.91 Å². The molecule has 0 atom stereocenters. The van der Waals surface area contributed by atoms with Gasteiger partial charge in [0.05, 0.1) is 5.56 Å². The highest BCUT2D eigenvalue weighted by Gasteiger charge is 2.24. The molecule has 0 aromatic carbocycles. The van der Waals surface area contributed by atoms with E-state index in [9.17, 15) is 4.79 Å². The summed E-state index contributed by atoms with van der Waals surface area (Å²) < 4.78 is 5.24. The van der Waals surface area contributed by atoms with Gasteiger partial charge in [-0.25, -0.2) is 4.98 Å². The first-order chi connectivity index (χ1) is 11.7. The Kier molecular flexibility index (Phi) is 5.50. The van der Waals surface area contributed by atoms with Crippen LogP contribution in [0.4, 0.5) is 11.8 Å². The Morgan fingerprint density at radius 3 is 2.50 bits per heavy atom. The van der Waals surface area contributed by atoms with E-state index in [-0.39, 0.29) is 0 Å². The van der Waals surface area contributed by atoms with Crippen LogP contribution in [0.2, 0.25) is 0 Å². The van der Waals surface area contributed by atoms with E-state index in [1.165, 1.54) is 12.6 Å². The minimum Gasteiger partial charge on any atom is -0.384 e. The third-order valence-corrected chi connectivity index (χ3v) is 5.08. The summed E-state index contributed by atoms with van der Waals surface area (Å²) in [6.45, 7) is 0.822. The highest BCUT2D eigenvalue weighted by molar-refractivity contribution is 5.97. The van der Waals surface area contributed by atoms with Crippen molar-refractivity contribution in [1.29, 1.82) is 0 Å². The third kappa shape index (κ3) is 4.14. The summed E-state index contributed by atoms with van der Waals surface area (Å²) in [5.74, 6) is 1.25. The van der Waals surface area contributed by atoms with Gasteiger partial charge in [0, 0.05) is 32.0 Å². The van der Waals surface area contributed by atoms with Crippen LogP contribution in [-0.2, 0) is 4.74 Å². The van der Waals surface area contributed by atoms with Crippen molar-refractivity contribution in [1.82, 2.24) is 9.97 Å². The fourth-order valence-corrected chi connectivity index (χ4v) is 3.38. The zero-order valence-electron chi connectivity index (χ0n) is 14.3. The number of primary amides is 1. The first kappa shape index (κ1) is 17.0. The molecule has 7 heteroatoms. The van der Waals surface area contributed by atoms with Gasteiger partial charge in [0.15, 0.2) is 0 Å². The fourth-order valence-electron chi connectivity index (χ4n) is 3.38. The predicted molar refractivity (Wildman–Crippen MR) is 93.1 cm³/mol. The van der Waals surface area contributed by atoms with Crippen LogP contribution in [0.25, 0.3) is 0 Å². The molecule has 2 fully saturated rings.